The van der Waals surface area contributed by atoms with Gasteiger partial charge in [0.15, 0.2) is 0 Å². The van der Waals surface area contributed by atoms with E-state index in [4.69, 9.17) is 22.9 Å². The summed E-state index contributed by atoms with van der Waals surface area (Å²) >= 11 is 0. The van der Waals surface area contributed by atoms with Crippen molar-refractivity contribution in [2.75, 3.05) is 26.2 Å². The standard InChI is InChI=1S/4C3H6N.Zr/c4*1-2-3-4;/h4*2,4H,1,3H2;/q4*-1;+4. The third-order valence-corrected chi connectivity index (χ3v) is 0.577. The van der Waals surface area contributed by atoms with Crippen LogP contribution < -0.4 is 0 Å². The van der Waals surface area contributed by atoms with E-state index in [0.29, 0.717) is 26.2 Å². The topological polar surface area (TPSA) is 95.2 Å². The largest absolute Gasteiger partial charge is 4.00 e. The van der Waals surface area contributed by atoms with Crippen molar-refractivity contribution in [2.24, 2.45) is 0 Å². The van der Waals surface area contributed by atoms with Crippen molar-refractivity contribution in [3.8, 4) is 0 Å². The molecule has 0 rings (SSSR count). The van der Waals surface area contributed by atoms with E-state index in [1.165, 1.54) is 0 Å². The first-order valence-electron chi connectivity index (χ1n) is 4.68. The second-order valence-corrected chi connectivity index (χ2v) is 1.97. The van der Waals surface area contributed by atoms with Crippen LogP contribution in [0.5, 0.6) is 0 Å². The Bertz CT molecular complexity index is 106. The first-order valence-corrected chi connectivity index (χ1v) is 4.68. The second-order valence-electron chi connectivity index (χ2n) is 1.97. The van der Waals surface area contributed by atoms with E-state index in [0.717, 1.165) is 0 Å². The summed E-state index contributed by atoms with van der Waals surface area (Å²) in [5.74, 6) is 0. The summed E-state index contributed by atoms with van der Waals surface area (Å²) < 4.78 is 0. The molecule has 5 heteroatoms. The number of hydrogen-bond donors (Lipinski definition) is 0. The molecule has 0 aromatic heterocycles. The fourth-order valence-corrected chi connectivity index (χ4v) is 0. The van der Waals surface area contributed by atoms with Gasteiger partial charge in [-0.25, -0.2) is 0 Å². The van der Waals surface area contributed by atoms with Gasteiger partial charge in [-0.2, -0.15) is 0 Å². The predicted molar refractivity (Wildman–Crippen MR) is 77.5 cm³/mol. The minimum absolute atomic E-state index is 0. The Balaban J connectivity index is -0.0000000369. The van der Waals surface area contributed by atoms with Gasteiger partial charge in [0.2, 0.25) is 0 Å². The van der Waals surface area contributed by atoms with E-state index in [-0.39, 0.29) is 26.2 Å². The Labute approximate surface area is 126 Å². The molecule has 0 aromatic rings. The smallest absolute Gasteiger partial charge is 0.674 e. The van der Waals surface area contributed by atoms with Gasteiger partial charge in [0.25, 0.3) is 0 Å². The quantitative estimate of drug-likeness (QED) is 0.660. The molecule has 4 N–H and O–H groups in total. The monoisotopic (exact) mass is 314 g/mol. The van der Waals surface area contributed by atoms with Gasteiger partial charge in [0.05, 0.1) is 0 Å². The maximum atomic E-state index is 6.33. The summed E-state index contributed by atoms with van der Waals surface area (Å²) in [5, 5.41) is 0. The average molecular weight is 316 g/mol. The average Bonchev–Trinajstić information content (AvgIpc) is 2.39. The molecular formula is C12H24N4Zr. The van der Waals surface area contributed by atoms with E-state index in [9.17, 15) is 0 Å². The third kappa shape index (κ3) is 216. The van der Waals surface area contributed by atoms with Gasteiger partial charge in [0.1, 0.15) is 0 Å². The van der Waals surface area contributed by atoms with Gasteiger partial charge in [-0.3, -0.25) is 0 Å². The van der Waals surface area contributed by atoms with E-state index in [1.54, 1.807) is 24.3 Å². The van der Waals surface area contributed by atoms with Crippen LogP contribution >= 0.6 is 0 Å². The molecule has 0 aromatic carbocycles. The van der Waals surface area contributed by atoms with Crippen LogP contribution in [0.15, 0.2) is 50.6 Å². The first-order chi connectivity index (χ1) is 7.66. The molecule has 0 aliphatic carbocycles. The van der Waals surface area contributed by atoms with Crippen LogP contribution in [-0.4, -0.2) is 26.2 Å². The summed E-state index contributed by atoms with van der Waals surface area (Å²) in [4.78, 5) is 0. The van der Waals surface area contributed by atoms with Crippen molar-refractivity contribution in [2.45, 2.75) is 0 Å². The molecule has 0 bridgehead atoms. The Hall–Kier alpha value is -0.317. The number of nitrogens with one attached hydrogen (secondary N) is 4. The fourth-order valence-electron chi connectivity index (χ4n) is 0. The molecule has 0 amide bonds. The van der Waals surface area contributed by atoms with Crippen LogP contribution in [0.25, 0.3) is 22.9 Å². The zero-order chi connectivity index (χ0) is 13.7. The van der Waals surface area contributed by atoms with E-state index >= 15 is 0 Å². The first kappa shape index (κ1) is 30.1. The Morgan fingerprint density at radius 1 is 0.529 bits per heavy atom. The summed E-state index contributed by atoms with van der Waals surface area (Å²) in [7, 11) is 0. The van der Waals surface area contributed by atoms with Gasteiger partial charge in [-0.05, 0) is 0 Å². The van der Waals surface area contributed by atoms with Crippen LogP contribution in [0, 0.1) is 0 Å². The van der Waals surface area contributed by atoms with E-state index in [2.05, 4.69) is 26.3 Å². The van der Waals surface area contributed by atoms with Crippen LogP contribution in [-0.2, 0) is 26.2 Å². The molecule has 4 nitrogen and oxygen atoms in total. The minimum Gasteiger partial charge on any atom is -0.674 e. The minimum atomic E-state index is 0. The normalized spacial score (nSPS) is 5.88. The van der Waals surface area contributed by atoms with Gasteiger partial charge in [-0.15, -0.1) is 76.8 Å². The zero-order valence-corrected chi connectivity index (χ0v) is 12.9. The van der Waals surface area contributed by atoms with Gasteiger partial charge in [0, 0.05) is 0 Å². The zero-order valence-electron chi connectivity index (χ0n) is 10.5. The van der Waals surface area contributed by atoms with Crippen molar-refractivity contribution in [1.82, 2.24) is 0 Å². The van der Waals surface area contributed by atoms with Crippen molar-refractivity contribution < 1.29 is 26.2 Å². The summed E-state index contributed by atoms with van der Waals surface area (Å²) in [6.07, 6.45) is 6.17. The SMILES string of the molecule is C=CC[NH-].C=CC[NH-].C=CC[NH-].C=CC[NH-].[Zr+4]. The Morgan fingerprint density at radius 3 is 0.588 bits per heavy atom. The molecule has 0 saturated heterocycles. The molecular weight excluding hydrogens is 291 g/mol. The van der Waals surface area contributed by atoms with Crippen LogP contribution in [0.3, 0.4) is 0 Å². The second kappa shape index (κ2) is 57.3. The molecule has 0 unspecified atom stereocenters. The Kier molecular flexibility index (Phi) is 101. The number of rotatable bonds is 4. The van der Waals surface area contributed by atoms with Crippen LogP contribution in [0.4, 0.5) is 0 Å². The van der Waals surface area contributed by atoms with Crippen molar-refractivity contribution in [3.63, 3.8) is 0 Å². The summed E-state index contributed by atoms with van der Waals surface area (Å²) in [6, 6.07) is 0. The molecule has 0 aliphatic rings. The van der Waals surface area contributed by atoms with Crippen LogP contribution in [0.1, 0.15) is 0 Å². The third-order valence-electron chi connectivity index (χ3n) is 0.577. The van der Waals surface area contributed by atoms with E-state index in [1.807, 2.05) is 0 Å². The van der Waals surface area contributed by atoms with Crippen molar-refractivity contribution in [3.05, 3.63) is 73.6 Å². The van der Waals surface area contributed by atoms with Gasteiger partial charge in [-0.1, -0.05) is 0 Å². The summed E-state index contributed by atoms with van der Waals surface area (Å²) in [6.45, 7) is 14.5. The Morgan fingerprint density at radius 2 is 0.588 bits per heavy atom. The van der Waals surface area contributed by atoms with Crippen molar-refractivity contribution in [1.29, 1.82) is 0 Å². The predicted octanol–water partition coefficient (Wildman–Crippen LogP) is 4.90. The number of hydrogen-bond acceptors (Lipinski definition) is 0. The van der Waals surface area contributed by atoms with E-state index < -0.39 is 0 Å². The molecule has 96 valence electrons. The molecule has 0 saturated carbocycles. The molecule has 0 atom stereocenters. The van der Waals surface area contributed by atoms with Gasteiger partial charge < -0.3 is 22.9 Å². The summed E-state index contributed by atoms with van der Waals surface area (Å²) in [5.41, 5.74) is 25.3. The molecule has 0 radical (unpaired) electrons. The molecule has 17 heavy (non-hydrogen) atoms. The fraction of sp³-hybridized carbons (Fsp3) is 0.333. The molecule has 0 aliphatic heterocycles. The molecule has 0 spiro atoms. The van der Waals surface area contributed by atoms with Crippen molar-refractivity contribution >= 4 is 0 Å². The molecule has 0 heterocycles. The maximum absolute atomic E-state index is 6.33. The van der Waals surface area contributed by atoms with Gasteiger partial charge >= 0.3 is 26.2 Å². The van der Waals surface area contributed by atoms with Crippen LogP contribution in [0.2, 0.25) is 0 Å². The molecule has 0 fully saturated rings. The maximum Gasteiger partial charge on any atom is 4.00 e.